The highest BCUT2D eigenvalue weighted by Crippen LogP contribution is 2.18. The summed E-state index contributed by atoms with van der Waals surface area (Å²) in [6.07, 6.45) is 5.63. The van der Waals surface area contributed by atoms with Gasteiger partial charge in [0.25, 0.3) is 0 Å². The summed E-state index contributed by atoms with van der Waals surface area (Å²) in [6.45, 7) is 6.44. The van der Waals surface area contributed by atoms with Crippen LogP contribution in [0.3, 0.4) is 0 Å². The molecule has 0 aliphatic carbocycles. The topological polar surface area (TPSA) is 17.1 Å². The first-order valence-corrected chi connectivity index (χ1v) is 9.23. The summed E-state index contributed by atoms with van der Waals surface area (Å²) in [6, 6.07) is 14.4. The molecule has 0 aliphatic rings. The quantitative estimate of drug-likeness (QED) is 0.363. The second kappa shape index (κ2) is 8.73. The Morgan fingerprint density at radius 2 is 1.57 bits per heavy atom. The van der Waals surface area contributed by atoms with Crippen molar-refractivity contribution in [2.24, 2.45) is 0 Å². The molecule has 23 heavy (non-hydrogen) atoms. The lowest BCUT2D eigenvalue weighted by Crippen LogP contribution is -1.94. The van der Waals surface area contributed by atoms with Crippen LogP contribution in [0.4, 0.5) is 0 Å². The zero-order valence-corrected chi connectivity index (χ0v) is 15.0. The smallest absolute Gasteiger partial charge is 0.185 e. The Balaban J connectivity index is 2.14. The van der Waals surface area contributed by atoms with E-state index in [1.165, 1.54) is 16.0 Å². The maximum absolute atomic E-state index is 12.3. The third-order valence-electron chi connectivity index (χ3n) is 3.77. The van der Waals surface area contributed by atoms with Crippen molar-refractivity contribution in [2.75, 3.05) is 5.75 Å². The minimum Gasteiger partial charge on any atom is -0.289 e. The van der Waals surface area contributed by atoms with E-state index in [4.69, 9.17) is 0 Å². The standard InChI is InChI=1S/C21H24OS/c1-4-16-13-17(5-2)15-18(14-16)7-12-21(22)19-8-10-20(11-9-19)23-6-3/h7-15H,4-6H2,1-3H3. The molecule has 0 fully saturated rings. The summed E-state index contributed by atoms with van der Waals surface area (Å²) in [5, 5.41) is 0. The van der Waals surface area contributed by atoms with Gasteiger partial charge < -0.3 is 0 Å². The van der Waals surface area contributed by atoms with E-state index >= 15 is 0 Å². The van der Waals surface area contributed by atoms with Gasteiger partial charge in [-0.2, -0.15) is 0 Å². The van der Waals surface area contributed by atoms with Crippen LogP contribution in [0.1, 0.15) is 47.8 Å². The van der Waals surface area contributed by atoms with E-state index in [0.717, 1.165) is 29.7 Å². The van der Waals surface area contributed by atoms with Crippen molar-refractivity contribution in [1.82, 2.24) is 0 Å². The van der Waals surface area contributed by atoms with Crippen molar-refractivity contribution in [3.8, 4) is 0 Å². The lowest BCUT2D eigenvalue weighted by atomic mass is 10.0. The molecule has 1 nitrogen and oxygen atoms in total. The second-order valence-corrected chi connectivity index (χ2v) is 6.78. The van der Waals surface area contributed by atoms with Crippen LogP contribution < -0.4 is 0 Å². The van der Waals surface area contributed by atoms with E-state index in [1.807, 2.05) is 30.3 Å². The van der Waals surface area contributed by atoms with Gasteiger partial charge in [0.15, 0.2) is 5.78 Å². The van der Waals surface area contributed by atoms with Crippen molar-refractivity contribution >= 4 is 23.6 Å². The summed E-state index contributed by atoms with van der Waals surface area (Å²) < 4.78 is 0. The number of rotatable bonds is 7. The molecule has 0 aromatic heterocycles. The predicted octanol–water partition coefficient (Wildman–Crippen LogP) is 5.82. The molecule has 0 bridgehead atoms. The molecule has 2 aromatic carbocycles. The van der Waals surface area contributed by atoms with Crippen molar-refractivity contribution in [3.63, 3.8) is 0 Å². The van der Waals surface area contributed by atoms with Gasteiger partial charge in [0, 0.05) is 10.5 Å². The lowest BCUT2D eigenvalue weighted by molar-refractivity contribution is 0.104. The molecule has 0 heterocycles. The highest BCUT2D eigenvalue weighted by atomic mass is 32.2. The van der Waals surface area contributed by atoms with Gasteiger partial charge in [-0.05, 0) is 65.6 Å². The number of allylic oxidation sites excluding steroid dienone is 1. The number of aryl methyl sites for hydroxylation is 2. The molecular weight excluding hydrogens is 300 g/mol. The van der Waals surface area contributed by atoms with Crippen LogP contribution in [0.15, 0.2) is 53.4 Å². The van der Waals surface area contributed by atoms with E-state index < -0.39 is 0 Å². The molecule has 0 saturated heterocycles. The molecule has 0 saturated carbocycles. The fourth-order valence-corrected chi connectivity index (χ4v) is 3.11. The SMILES string of the molecule is CCSc1ccc(C(=O)C=Cc2cc(CC)cc(CC)c2)cc1. The summed E-state index contributed by atoms with van der Waals surface area (Å²) >= 11 is 1.78. The average molecular weight is 324 g/mol. The predicted molar refractivity (Wildman–Crippen MR) is 101 cm³/mol. The van der Waals surface area contributed by atoms with E-state index in [9.17, 15) is 4.79 Å². The zero-order valence-electron chi connectivity index (χ0n) is 14.1. The molecule has 0 aliphatic heterocycles. The van der Waals surface area contributed by atoms with Gasteiger partial charge in [0.1, 0.15) is 0 Å². The molecule has 2 heteroatoms. The molecule has 0 radical (unpaired) electrons. The Hall–Kier alpha value is -1.80. The Morgan fingerprint density at radius 3 is 2.09 bits per heavy atom. The highest BCUT2D eigenvalue weighted by molar-refractivity contribution is 7.99. The fourth-order valence-electron chi connectivity index (χ4n) is 2.45. The maximum Gasteiger partial charge on any atom is 0.185 e. The van der Waals surface area contributed by atoms with Crippen molar-refractivity contribution < 1.29 is 4.79 Å². The Bertz CT molecular complexity index is 661. The third kappa shape index (κ3) is 5.11. The van der Waals surface area contributed by atoms with Gasteiger partial charge in [0.05, 0.1) is 0 Å². The fraction of sp³-hybridized carbons (Fsp3) is 0.286. The van der Waals surface area contributed by atoms with Crippen LogP contribution in [0.25, 0.3) is 6.08 Å². The molecule has 120 valence electrons. The van der Waals surface area contributed by atoms with Crippen LogP contribution in [0.5, 0.6) is 0 Å². The molecular formula is C21H24OS. The third-order valence-corrected chi connectivity index (χ3v) is 4.66. The average Bonchev–Trinajstić information content (AvgIpc) is 2.60. The highest BCUT2D eigenvalue weighted by Gasteiger charge is 2.03. The summed E-state index contributed by atoms with van der Waals surface area (Å²) in [7, 11) is 0. The zero-order chi connectivity index (χ0) is 16.7. The summed E-state index contributed by atoms with van der Waals surface area (Å²) in [4.78, 5) is 13.5. The van der Waals surface area contributed by atoms with Crippen LogP contribution in [0.2, 0.25) is 0 Å². The number of benzene rings is 2. The lowest BCUT2D eigenvalue weighted by Gasteiger charge is -2.04. The Kier molecular flexibility index (Phi) is 6.66. The first-order chi connectivity index (χ1) is 11.2. The minimum atomic E-state index is 0.0537. The van der Waals surface area contributed by atoms with Gasteiger partial charge in [0.2, 0.25) is 0 Å². The number of carbonyl (C=O) groups excluding carboxylic acids is 1. The van der Waals surface area contributed by atoms with Gasteiger partial charge in [-0.25, -0.2) is 0 Å². The van der Waals surface area contributed by atoms with Crippen molar-refractivity contribution in [2.45, 2.75) is 38.5 Å². The molecule has 2 aromatic rings. The molecule has 2 rings (SSSR count). The van der Waals surface area contributed by atoms with Crippen LogP contribution in [-0.4, -0.2) is 11.5 Å². The normalized spacial score (nSPS) is 11.1. The Morgan fingerprint density at radius 1 is 0.957 bits per heavy atom. The largest absolute Gasteiger partial charge is 0.289 e. The molecule has 0 atom stereocenters. The number of thioether (sulfide) groups is 1. The van der Waals surface area contributed by atoms with Crippen LogP contribution in [-0.2, 0) is 12.8 Å². The number of carbonyl (C=O) groups is 1. The molecule has 0 N–H and O–H groups in total. The van der Waals surface area contributed by atoms with Gasteiger partial charge in [-0.15, -0.1) is 11.8 Å². The molecule has 0 spiro atoms. The van der Waals surface area contributed by atoms with Gasteiger partial charge in [-0.3, -0.25) is 4.79 Å². The monoisotopic (exact) mass is 324 g/mol. The van der Waals surface area contributed by atoms with E-state index in [-0.39, 0.29) is 5.78 Å². The second-order valence-electron chi connectivity index (χ2n) is 5.44. The number of hydrogen-bond acceptors (Lipinski definition) is 2. The van der Waals surface area contributed by atoms with Crippen LogP contribution >= 0.6 is 11.8 Å². The van der Waals surface area contributed by atoms with Crippen LogP contribution in [0, 0.1) is 0 Å². The van der Waals surface area contributed by atoms with E-state index in [1.54, 1.807) is 17.8 Å². The summed E-state index contributed by atoms with van der Waals surface area (Å²) in [5.41, 5.74) is 4.48. The number of hydrogen-bond donors (Lipinski definition) is 0. The van der Waals surface area contributed by atoms with Gasteiger partial charge >= 0.3 is 0 Å². The minimum absolute atomic E-state index is 0.0537. The van der Waals surface area contributed by atoms with E-state index in [0.29, 0.717) is 0 Å². The first kappa shape index (κ1) is 17.6. The van der Waals surface area contributed by atoms with Gasteiger partial charge in [-0.1, -0.05) is 45.0 Å². The molecule has 0 unspecified atom stereocenters. The number of ketones is 1. The summed E-state index contributed by atoms with van der Waals surface area (Å²) in [5.74, 6) is 1.10. The van der Waals surface area contributed by atoms with Crippen molar-refractivity contribution in [3.05, 3.63) is 70.8 Å². The molecule has 0 amide bonds. The van der Waals surface area contributed by atoms with Crippen molar-refractivity contribution in [1.29, 1.82) is 0 Å². The first-order valence-electron chi connectivity index (χ1n) is 8.24. The Labute approximate surface area is 143 Å². The van der Waals surface area contributed by atoms with E-state index in [2.05, 4.69) is 39.0 Å². The maximum atomic E-state index is 12.3.